The van der Waals surface area contributed by atoms with E-state index in [-0.39, 0.29) is 35.1 Å². The summed E-state index contributed by atoms with van der Waals surface area (Å²) in [5.41, 5.74) is 4.44. The molecule has 0 aromatic heterocycles. The van der Waals surface area contributed by atoms with E-state index in [9.17, 15) is 9.90 Å². The van der Waals surface area contributed by atoms with Gasteiger partial charge in [0.05, 0.1) is 11.7 Å². The van der Waals surface area contributed by atoms with Crippen LogP contribution in [0.25, 0.3) is 6.08 Å². The summed E-state index contributed by atoms with van der Waals surface area (Å²) in [7, 11) is 0. The Balaban J connectivity index is 0.00000112. The van der Waals surface area contributed by atoms with Gasteiger partial charge >= 0.3 is 29.6 Å². The number of allylic oxidation sites excluding steroid dienone is 1. The molecule has 2 rings (SSSR count). The van der Waals surface area contributed by atoms with Gasteiger partial charge in [-0.15, -0.1) is 0 Å². The van der Waals surface area contributed by atoms with Gasteiger partial charge in [-0.25, -0.2) is 0 Å². The molecule has 0 unspecified atom stereocenters. The van der Waals surface area contributed by atoms with Crippen LogP contribution < -0.4 is 40.1 Å². The molecule has 0 radical (unpaired) electrons. The third-order valence-corrected chi connectivity index (χ3v) is 1.91. The first-order chi connectivity index (χ1) is 6.77. The van der Waals surface area contributed by atoms with E-state index in [0.717, 1.165) is 5.56 Å². The third kappa shape index (κ3) is 2.68. The molecular formula is C10H7N2NaO2. The van der Waals surface area contributed by atoms with Crippen LogP contribution >= 0.6 is 0 Å². The fourth-order valence-corrected chi connectivity index (χ4v) is 1.22. The predicted molar refractivity (Wildman–Crippen MR) is 51.9 cm³/mol. The number of aromatic carboxylic acids is 1. The number of hydrogen-bond acceptors (Lipinski definition) is 4. The molecule has 0 bridgehead atoms. The quantitative estimate of drug-likeness (QED) is 0.520. The molecule has 0 aliphatic carbocycles. The van der Waals surface area contributed by atoms with Crippen LogP contribution in [-0.2, 0) is 0 Å². The maximum atomic E-state index is 10.6. The second-order valence-electron chi connectivity index (χ2n) is 2.84. The Kier molecular flexibility index (Phi) is 4.08. The molecule has 0 saturated carbocycles. The predicted octanol–water partition coefficient (Wildman–Crippen LogP) is -2.52. The minimum absolute atomic E-state index is 0. The fraction of sp³-hybridized carbons (Fsp3) is 0. The number of carbonyl (C=O) groups is 1. The number of benzene rings is 1. The second-order valence-corrected chi connectivity index (χ2v) is 2.84. The summed E-state index contributed by atoms with van der Waals surface area (Å²) in [5, 5.41) is 14.4. The SMILES string of the molecule is O=C([O-])c1ccc2c(c1)NN=CC=C2.[Na+]. The topological polar surface area (TPSA) is 64.5 Å². The fourth-order valence-electron chi connectivity index (χ4n) is 1.22. The Morgan fingerprint density at radius 3 is 2.93 bits per heavy atom. The second kappa shape index (κ2) is 5.11. The zero-order valence-electron chi connectivity index (χ0n) is 8.23. The van der Waals surface area contributed by atoms with Gasteiger partial charge in [-0.05, 0) is 23.3 Å². The monoisotopic (exact) mass is 210 g/mol. The molecule has 0 atom stereocenters. The van der Waals surface area contributed by atoms with E-state index >= 15 is 0 Å². The van der Waals surface area contributed by atoms with Crippen LogP contribution in [0.2, 0.25) is 0 Å². The van der Waals surface area contributed by atoms with Gasteiger partial charge in [0.25, 0.3) is 0 Å². The van der Waals surface area contributed by atoms with Crippen molar-refractivity contribution in [1.82, 2.24) is 0 Å². The average Bonchev–Trinajstić information content (AvgIpc) is 2.41. The van der Waals surface area contributed by atoms with Crippen LogP contribution in [0.15, 0.2) is 29.4 Å². The maximum Gasteiger partial charge on any atom is 1.00 e. The minimum Gasteiger partial charge on any atom is -0.545 e. The number of rotatable bonds is 1. The Hall–Kier alpha value is -1.10. The van der Waals surface area contributed by atoms with Gasteiger partial charge in [0.15, 0.2) is 0 Å². The van der Waals surface area contributed by atoms with Crippen molar-refractivity contribution in [2.24, 2.45) is 5.10 Å². The van der Waals surface area contributed by atoms with Crippen LogP contribution in [0.5, 0.6) is 0 Å². The third-order valence-electron chi connectivity index (χ3n) is 1.91. The van der Waals surface area contributed by atoms with Gasteiger partial charge < -0.3 is 9.90 Å². The van der Waals surface area contributed by atoms with Crippen molar-refractivity contribution < 1.29 is 39.5 Å². The van der Waals surface area contributed by atoms with E-state index in [4.69, 9.17) is 0 Å². The van der Waals surface area contributed by atoms with Crippen molar-refractivity contribution in [3.05, 3.63) is 35.4 Å². The zero-order chi connectivity index (χ0) is 9.97. The number of nitrogens with zero attached hydrogens (tertiary/aromatic N) is 1. The average molecular weight is 210 g/mol. The molecule has 1 heterocycles. The van der Waals surface area contributed by atoms with Gasteiger partial charge in [-0.2, -0.15) is 5.10 Å². The molecule has 5 heteroatoms. The molecular weight excluding hydrogens is 203 g/mol. The standard InChI is InChI=1S/C10H8N2O2.Na/c13-10(14)8-4-3-7-2-1-5-11-12-9(7)6-8;/h1-6,12H,(H,13,14);/q;+1/p-1. The minimum atomic E-state index is -1.19. The van der Waals surface area contributed by atoms with Gasteiger partial charge in [-0.1, -0.05) is 18.2 Å². The van der Waals surface area contributed by atoms with Crippen LogP contribution in [0.3, 0.4) is 0 Å². The molecule has 1 aromatic rings. The van der Waals surface area contributed by atoms with E-state index in [1.165, 1.54) is 12.1 Å². The normalized spacial score (nSPS) is 12.0. The summed E-state index contributed by atoms with van der Waals surface area (Å²) in [6.07, 6.45) is 5.22. The van der Waals surface area contributed by atoms with Crippen molar-refractivity contribution >= 4 is 23.9 Å². The molecule has 1 aromatic carbocycles. The van der Waals surface area contributed by atoms with Gasteiger partial charge in [0.1, 0.15) is 0 Å². The van der Waals surface area contributed by atoms with E-state index in [0.29, 0.717) is 5.69 Å². The first kappa shape index (κ1) is 12.0. The van der Waals surface area contributed by atoms with E-state index < -0.39 is 5.97 Å². The molecule has 4 nitrogen and oxygen atoms in total. The molecule has 0 saturated heterocycles. The molecule has 0 spiro atoms. The summed E-state index contributed by atoms with van der Waals surface area (Å²) < 4.78 is 0. The van der Waals surface area contributed by atoms with Gasteiger partial charge in [0.2, 0.25) is 0 Å². The molecule has 70 valence electrons. The van der Waals surface area contributed by atoms with E-state index in [2.05, 4.69) is 10.5 Å². The first-order valence-corrected chi connectivity index (χ1v) is 4.08. The summed E-state index contributed by atoms with van der Waals surface area (Å²) in [5.74, 6) is -1.19. The number of carboxylic acids is 1. The van der Waals surface area contributed by atoms with Crippen molar-refractivity contribution in [2.45, 2.75) is 0 Å². The van der Waals surface area contributed by atoms with Crippen molar-refractivity contribution in [3.8, 4) is 0 Å². The van der Waals surface area contributed by atoms with Crippen LogP contribution in [0.4, 0.5) is 5.69 Å². The molecule has 15 heavy (non-hydrogen) atoms. The largest absolute Gasteiger partial charge is 1.00 e. The number of hydrazone groups is 1. The Bertz CT molecular complexity index is 441. The van der Waals surface area contributed by atoms with E-state index in [1.54, 1.807) is 18.4 Å². The number of nitrogens with one attached hydrogen (secondary N) is 1. The van der Waals surface area contributed by atoms with Crippen LogP contribution in [-0.4, -0.2) is 12.2 Å². The Morgan fingerprint density at radius 2 is 2.20 bits per heavy atom. The molecule has 0 amide bonds. The summed E-state index contributed by atoms with van der Waals surface area (Å²) in [6, 6.07) is 4.71. The van der Waals surface area contributed by atoms with E-state index in [1.807, 2.05) is 6.08 Å². The Morgan fingerprint density at radius 1 is 1.40 bits per heavy atom. The number of anilines is 1. The summed E-state index contributed by atoms with van der Waals surface area (Å²) in [6.45, 7) is 0. The summed E-state index contributed by atoms with van der Waals surface area (Å²) in [4.78, 5) is 10.6. The van der Waals surface area contributed by atoms with Crippen molar-refractivity contribution in [2.75, 3.05) is 5.43 Å². The molecule has 1 aliphatic heterocycles. The van der Waals surface area contributed by atoms with Crippen molar-refractivity contribution in [3.63, 3.8) is 0 Å². The van der Waals surface area contributed by atoms with Crippen LogP contribution in [0.1, 0.15) is 15.9 Å². The molecule has 0 fully saturated rings. The number of fused-ring (bicyclic) bond motifs is 1. The van der Waals surface area contributed by atoms with Gasteiger partial charge in [-0.3, -0.25) is 5.43 Å². The Labute approximate surface area is 109 Å². The molecule has 1 N–H and O–H groups in total. The van der Waals surface area contributed by atoms with Gasteiger partial charge in [0, 0.05) is 6.21 Å². The number of carbonyl (C=O) groups excluding carboxylic acids is 1. The molecule has 1 aliphatic rings. The first-order valence-electron chi connectivity index (χ1n) is 4.08. The number of hydrogen-bond donors (Lipinski definition) is 1. The smallest absolute Gasteiger partial charge is 0.545 e. The summed E-state index contributed by atoms with van der Waals surface area (Å²) >= 11 is 0. The van der Waals surface area contributed by atoms with Crippen molar-refractivity contribution in [1.29, 1.82) is 0 Å². The number of carboxylic acid groups (broad SMARTS) is 1. The van der Waals surface area contributed by atoms with Crippen LogP contribution in [0, 0.1) is 0 Å². The zero-order valence-corrected chi connectivity index (χ0v) is 10.2. The maximum absolute atomic E-state index is 10.6.